The molecule has 0 saturated heterocycles. The molecule has 0 atom stereocenters. The first-order chi connectivity index (χ1) is 15.5. The molecule has 154 valence electrons. The molecule has 1 aliphatic carbocycles. The third kappa shape index (κ3) is 2.13. The maximum absolute atomic E-state index is 12.8. The van der Waals surface area contributed by atoms with Gasteiger partial charge in [-0.15, -0.1) is 0 Å². The number of Topliss-reactive ketones (excluding diaryl/α,β-unsaturated/α-hetero) is 2. The van der Waals surface area contributed by atoms with Crippen molar-refractivity contribution in [2.24, 2.45) is 0 Å². The number of hydrogen-bond donors (Lipinski definition) is 0. The van der Waals surface area contributed by atoms with Crippen LogP contribution in [0.15, 0.2) is 71.0 Å². The molecule has 5 heteroatoms. The van der Waals surface area contributed by atoms with Crippen LogP contribution in [0, 0.1) is 0 Å². The van der Waals surface area contributed by atoms with Crippen molar-refractivity contribution in [2.45, 2.75) is 19.3 Å². The van der Waals surface area contributed by atoms with Crippen LogP contribution < -0.4 is 0 Å². The van der Waals surface area contributed by atoms with Crippen LogP contribution in [0.4, 0.5) is 0 Å². The number of aromatic nitrogens is 1. The predicted molar refractivity (Wildman–Crippen MR) is 125 cm³/mol. The van der Waals surface area contributed by atoms with E-state index in [9.17, 15) is 9.59 Å². The summed E-state index contributed by atoms with van der Waals surface area (Å²) in [6, 6.07) is 17.4. The van der Waals surface area contributed by atoms with Gasteiger partial charge in [0.1, 0.15) is 0 Å². The summed E-state index contributed by atoms with van der Waals surface area (Å²) in [7, 11) is 0. The Morgan fingerprint density at radius 2 is 1.62 bits per heavy atom. The summed E-state index contributed by atoms with van der Waals surface area (Å²) < 4.78 is 9.98. The Morgan fingerprint density at radius 3 is 2.41 bits per heavy atom. The van der Waals surface area contributed by atoms with Crippen LogP contribution in [0.1, 0.15) is 49.3 Å². The number of nitrogens with zero attached hydrogens (tertiary/aromatic N) is 1. The number of hydrogen-bond acceptors (Lipinski definition) is 3. The van der Waals surface area contributed by atoms with Gasteiger partial charge in [0.05, 0.1) is 0 Å². The van der Waals surface area contributed by atoms with Crippen LogP contribution in [0.2, 0.25) is 0 Å². The molecule has 4 nitrogen and oxygen atoms in total. The fourth-order valence-electron chi connectivity index (χ4n) is 5.28. The molecule has 32 heavy (non-hydrogen) atoms. The van der Waals surface area contributed by atoms with Gasteiger partial charge >= 0.3 is 194 Å². The van der Waals surface area contributed by atoms with E-state index in [-0.39, 0.29) is 22.6 Å². The van der Waals surface area contributed by atoms with Crippen LogP contribution in [0.5, 0.6) is 0 Å². The van der Waals surface area contributed by atoms with Crippen molar-refractivity contribution in [2.75, 3.05) is 0 Å². The summed E-state index contributed by atoms with van der Waals surface area (Å²) in [5.74, 6) is -0.457. The fraction of sp³-hybridized carbons (Fsp3) is 0.111. The van der Waals surface area contributed by atoms with Gasteiger partial charge in [-0.25, -0.2) is 0 Å². The molecular formula is C27H17NO3Te. The van der Waals surface area contributed by atoms with E-state index in [1.54, 1.807) is 0 Å². The maximum atomic E-state index is 12.8. The van der Waals surface area contributed by atoms with E-state index in [0.29, 0.717) is 11.1 Å². The Kier molecular flexibility index (Phi) is 3.46. The standard InChI is InChI=1S/C27H17NO3Te/c1-27(2)20-8-5-7-16-15-6-3-4-9-22(15)28(23(16)20)26-21(27)11-14(32-26)10-17-24(29)18-12-31-13-19(18)25(17)30/h3-13H,1-2H3. The van der Waals surface area contributed by atoms with E-state index < -0.39 is 20.4 Å². The normalized spacial score (nSPS) is 16.1. The van der Waals surface area contributed by atoms with Gasteiger partial charge < -0.3 is 0 Å². The molecule has 0 fully saturated rings. The monoisotopic (exact) mass is 533 g/mol. The van der Waals surface area contributed by atoms with Gasteiger partial charge in [-0.3, -0.25) is 0 Å². The molecule has 0 spiro atoms. The molecule has 2 aromatic carbocycles. The number of carbonyl (C=O) groups is 2. The number of benzene rings is 2. The molecule has 1 aliphatic heterocycles. The Bertz CT molecular complexity index is 1660. The molecule has 2 aliphatic rings. The van der Waals surface area contributed by atoms with E-state index in [4.69, 9.17) is 4.42 Å². The molecule has 0 radical (unpaired) electrons. The summed E-state index contributed by atoms with van der Waals surface area (Å²) in [5.41, 5.74) is 6.00. The number of fused-ring (bicyclic) bond motifs is 6. The summed E-state index contributed by atoms with van der Waals surface area (Å²) in [4.78, 5) is 25.6. The summed E-state index contributed by atoms with van der Waals surface area (Å²) >= 11 is -0.794. The van der Waals surface area contributed by atoms with Crippen LogP contribution in [0.25, 0.3) is 31.6 Å². The van der Waals surface area contributed by atoms with E-state index in [1.165, 1.54) is 49.2 Å². The molecule has 0 bridgehead atoms. The fourth-order valence-corrected chi connectivity index (χ4v) is 8.94. The molecule has 0 N–H and O–H groups in total. The molecule has 0 saturated carbocycles. The molecule has 0 amide bonds. The number of para-hydroxylation sites is 2. The minimum absolute atomic E-state index is 0.149. The molecule has 3 aromatic heterocycles. The zero-order valence-corrected chi connectivity index (χ0v) is 19.8. The van der Waals surface area contributed by atoms with Crippen molar-refractivity contribution in [3.8, 4) is 3.70 Å². The van der Waals surface area contributed by atoms with E-state index in [2.05, 4.69) is 66.9 Å². The Labute approximate surface area is 193 Å². The van der Waals surface area contributed by atoms with Crippen molar-refractivity contribution in [1.82, 2.24) is 4.57 Å². The van der Waals surface area contributed by atoms with E-state index in [0.717, 1.165) is 3.58 Å². The van der Waals surface area contributed by atoms with Crippen molar-refractivity contribution in [3.63, 3.8) is 0 Å². The Hall–Kier alpha value is -3.13. The van der Waals surface area contributed by atoms with Crippen molar-refractivity contribution >= 4 is 59.9 Å². The van der Waals surface area contributed by atoms with Crippen molar-refractivity contribution < 1.29 is 14.0 Å². The topological polar surface area (TPSA) is 52.2 Å². The van der Waals surface area contributed by atoms with Gasteiger partial charge in [0.2, 0.25) is 0 Å². The van der Waals surface area contributed by atoms with Gasteiger partial charge in [-0.1, -0.05) is 0 Å². The Morgan fingerprint density at radius 1 is 0.906 bits per heavy atom. The summed E-state index contributed by atoms with van der Waals surface area (Å²) in [6.45, 7) is 4.56. The first-order valence-corrected chi connectivity index (χ1v) is 12.8. The van der Waals surface area contributed by atoms with Crippen molar-refractivity contribution in [3.05, 3.63) is 92.5 Å². The van der Waals surface area contributed by atoms with E-state index in [1.807, 2.05) is 6.08 Å². The first kappa shape index (κ1) is 18.4. The number of furan rings is 1. The predicted octanol–water partition coefficient (Wildman–Crippen LogP) is 5.54. The zero-order valence-electron chi connectivity index (χ0n) is 17.4. The van der Waals surface area contributed by atoms with Gasteiger partial charge in [0.15, 0.2) is 0 Å². The second-order valence-electron chi connectivity index (χ2n) is 8.96. The zero-order chi connectivity index (χ0) is 21.8. The van der Waals surface area contributed by atoms with Gasteiger partial charge in [0, 0.05) is 0 Å². The number of allylic oxidation sites excluding steroid dienone is 1. The van der Waals surface area contributed by atoms with Crippen LogP contribution in [-0.4, -0.2) is 36.6 Å². The SMILES string of the molecule is CC1(C)c2cc(C=C3C(=O)c4cocc4C3=O)[te]c2-n2c3ccccc3c3cccc1c32. The second-order valence-corrected chi connectivity index (χ2v) is 12.0. The third-order valence-electron chi connectivity index (χ3n) is 6.90. The van der Waals surface area contributed by atoms with E-state index >= 15 is 0 Å². The van der Waals surface area contributed by atoms with Crippen LogP contribution in [-0.2, 0) is 5.41 Å². The summed E-state index contributed by atoms with van der Waals surface area (Å²) in [6.07, 6.45) is 4.60. The van der Waals surface area contributed by atoms with Gasteiger partial charge in [0.25, 0.3) is 0 Å². The third-order valence-corrected chi connectivity index (χ3v) is 9.95. The van der Waals surface area contributed by atoms with Crippen LogP contribution in [0.3, 0.4) is 0 Å². The molecule has 4 heterocycles. The first-order valence-electron chi connectivity index (χ1n) is 10.5. The van der Waals surface area contributed by atoms with Crippen LogP contribution >= 0.6 is 0 Å². The van der Waals surface area contributed by atoms with Crippen molar-refractivity contribution in [1.29, 1.82) is 0 Å². The number of rotatable bonds is 1. The number of carbonyl (C=O) groups excluding carboxylic acids is 2. The molecule has 5 aromatic rings. The minimum atomic E-state index is -0.794. The van der Waals surface area contributed by atoms with Gasteiger partial charge in [-0.2, -0.15) is 0 Å². The second kappa shape index (κ2) is 6.01. The number of ketones is 2. The quantitative estimate of drug-likeness (QED) is 0.162. The molecule has 0 unspecified atom stereocenters. The summed E-state index contributed by atoms with van der Waals surface area (Å²) in [5, 5.41) is 2.55. The molecule has 7 rings (SSSR count). The average Bonchev–Trinajstić information content (AvgIpc) is 3.54. The Balaban J connectivity index is 1.51. The molecular weight excluding hydrogens is 514 g/mol. The average molecular weight is 531 g/mol. The van der Waals surface area contributed by atoms with Gasteiger partial charge in [-0.05, 0) is 0 Å².